The number of quaternary nitrogens is 1. The Bertz CT molecular complexity index is 446. The molecule has 20 heavy (non-hydrogen) atoms. The number of aliphatic hydroxyl groups is 3. The first-order chi connectivity index (χ1) is 9.71. The van der Waals surface area contributed by atoms with Crippen molar-refractivity contribution in [2.75, 3.05) is 39.5 Å². The van der Waals surface area contributed by atoms with Crippen LogP contribution in [0.5, 0.6) is 0 Å². The van der Waals surface area contributed by atoms with Crippen LogP contribution in [0.25, 0.3) is 10.2 Å². The van der Waals surface area contributed by atoms with E-state index < -0.39 is 0 Å². The second-order valence-electron chi connectivity index (χ2n) is 4.12. The molecule has 0 saturated heterocycles. The second kappa shape index (κ2) is 9.98. The van der Waals surface area contributed by atoms with Gasteiger partial charge in [0.25, 0.3) is 0 Å². The van der Waals surface area contributed by atoms with Crippen molar-refractivity contribution in [1.29, 1.82) is 0 Å². The number of aliphatic hydroxyl groups excluding tert-OH is 3. The number of nitrogens with one attached hydrogen (secondary N) is 1. The van der Waals surface area contributed by atoms with Gasteiger partial charge in [0.15, 0.2) is 0 Å². The lowest BCUT2D eigenvalue weighted by Gasteiger charge is -2.15. The second-order valence-corrected chi connectivity index (χ2v) is 5.79. The van der Waals surface area contributed by atoms with Crippen molar-refractivity contribution in [1.82, 2.24) is 4.98 Å². The van der Waals surface area contributed by atoms with Gasteiger partial charge in [-0.1, -0.05) is 18.2 Å². The van der Waals surface area contributed by atoms with Gasteiger partial charge in [-0.3, -0.25) is 4.98 Å². The normalized spacial score (nSPS) is 10.6. The van der Waals surface area contributed by atoms with Gasteiger partial charge in [-0.15, -0.1) is 0 Å². The van der Waals surface area contributed by atoms with Crippen LogP contribution >= 0.6 is 11.3 Å². The molecular weight excluding hydrogens is 296 g/mol. The Morgan fingerprint density at radius 2 is 1.55 bits per heavy atom. The summed E-state index contributed by atoms with van der Waals surface area (Å²) in [5, 5.41) is 25.5. The number of rotatable bonds is 6. The molecule has 0 atom stereocenters. The van der Waals surface area contributed by atoms with E-state index in [0.29, 0.717) is 19.6 Å². The third-order valence-electron chi connectivity index (χ3n) is 2.67. The Morgan fingerprint density at radius 1 is 1.00 bits per heavy atom. The molecule has 0 spiro atoms. The summed E-state index contributed by atoms with van der Waals surface area (Å²) < 4.78 is 1.90. The minimum atomic E-state index is 0.106. The number of hydrogen-bond acceptors (Lipinski definition) is 6. The Morgan fingerprint density at radius 3 is 2.05 bits per heavy atom. The molecule has 1 heterocycles. The Labute approximate surface area is 127 Å². The maximum absolute atomic E-state index is 8.51. The maximum Gasteiger partial charge on any atom is 0.101 e. The van der Waals surface area contributed by atoms with E-state index in [9.17, 15) is 0 Å². The highest BCUT2D eigenvalue weighted by atomic mass is 32.2. The number of thiazole rings is 1. The molecule has 4 N–H and O–H groups in total. The summed E-state index contributed by atoms with van der Waals surface area (Å²) in [7, 11) is 0. The van der Waals surface area contributed by atoms with E-state index in [-0.39, 0.29) is 19.8 Å². The molecule has 7 heteroatoms. The van der Waals surface area contributed by atoms with Gasteiger partial charge >= 0.3 is 0 Å². The van der Waals surface area contributed by atoms with Crippen LogP contribution < -0.4 is 4.90 Å². The summed E-state index contributed by atoms with van der Waals surface area (Å²) in [4.78, 5) is 5.18. The number of fused-ring (bicyclic) bond motifs is 1. The van der Waals surface area contributed by atoms with E-state index >= 15 is 0 Å². The van der Waals surface area contributed by atoms with Crippen LogP contribution in [0.4, 0.5) is 0 Å². The van der Waals surface area contributed by atoms with E-state index in [1.807, 2.05) is 24.3 Å². The fourth-order valence-corrected chi connectivity index (χ4v) is 2.77. The molecule has 1 aromatic heterocycles. The summed E-state index contributed by atoms with van der Waals surface area (Å²) in [6, 6.07) is 7.97. The monoisotopic (exact) mass is 316 g/mol. The summed E-state index contributed by atoms with van der Waals surface area (Å²) >= 11 is 6.48. The summed E-state index contributed by atoms with van der Waals surface area (Å²) in [6.45, 7) is 2.11. The Balaban J connectivity index is 0.000000200. The predicted molar refractivity (Wildman–Crippen MR) is 82.1 cm³/mol. The molecule has 0 aliphatic heterocycles. The van der Waals surface area contributed by atoms with Crippen molar-refractivity contribution < 1.29 is 20.2 Å². The van der Waals surface area contributed by atoms with Gasteiger partial charge in [0, 0.05) is 0 Å². The Hall–Kier alpha value is -0.830. The van der Waals surface area contributed by atoms with E-state index in [2.05, 4.69) is 4.98 Å². The molecular formula is C13H20N2O3S2. The van der Waals surface area contributed by atoms with Crippen molar-refractivity contribution >= 4 is 34.2 Å². The van der Waals surface area contributed by atoms with Crippen LogP contribution in [-0.4, -0.2) is 59.8 Å². The van der Waals surface area contributed by atoms with Gasteiger partial charge in [-0.2, -0.15) is 0 Å². The minimum absolute atomic E-state index is 0.106. The summed E-state index contributed by atoms with van der Waals surface area (Å²) in [6.07, 6.45) is 0. The van der Waals surface area contributed by atoms with Gasteiger partial charge in [0.1, 0.15) is 19.6 Å². The quantitative estimate of drug-likeness (QED) is 0.517. The summed E-state index contributed by atoms with van der Waals surface area (Å²) in [5.41, 5.74) is 1.01. The molecule has 0 aliphatic carbocycles. The molecule has 0 fully saturated rings. The van der Waals surface area contributed by atoms with Crippen molar-refractivity contribution in [3.8, 4) is 0 Å². The highest BCUT2D eigenvalue weighted by molar-refractivity contribution is 7.63. The van der Waals surface area contributed by atoms with Crippen LogP contribution in [0.15, 0.2) is 28.6 Å². The molecule has 112 valence electrons. The van der Waals surface area contributed by atoms with E-state index in [1.54, 1.807) is 11.3 Å². The van der Waals surface area contributed by atoms with E-state index in [4.69, 9.17) is 27.9 Å². The van der Waals surface area contributed by atoms with E-state index in [0.717, 1.165) is 14.8 Å². The number of aromatic nitrogens is 1. The predicted octanol–water partition coefficient (Wildman–Crippen LogP) is -0.950. The SMILES string of the molecule is OCC[NH+](CCO)CCO.[S-]c1nc2ccccc2s1. The number of benzene rings is 1. The molecule has 2 aromatic rings. The number of para-hydroxylation sites is 1. The average molecular weight is 316 g/mol. The third kappa shape index (κ3) is 6.08. The molecule has 0 amide bonds. The fourth-order valence-electron chi connectivity index (χ4n) is 1.70. The van der Waals surface area contributed by atoms with Crippen LogP contribution in [0, 0.1) is 0 Å². The maximum atomic E-state index is 8.51. The minimum Gasteiger partial charge on any atom is -0.408 e. The lowest BCUT2D eigenvalue weighted by atomic mass is 10.3. The molecule has 2 rings (SSSR count). The highest BCUT2D eigenvalue weighted by Gasteiger charge is 2.03. The van der Waals surface area contributed by atoms with Gasteiger partial charge in [-0.25, -0.2) is 0 Å². The number of nitrogens with zero attached hydrogens (tertiary/aromatic N) is 1. The van der Waals surface area contributed by atoms with Crippen LogP contribution in [0.2, 0.25) is 0 Å². The summed E-state index contributed by atoms with van der Waals surface area (Å²) in [5.74, 6) is 0. The van der Waals surface area contributed by atoms with Crippen LogP contribution in [0.3, 0.4) is 0 Å². The zero-order valence-electron chi connectivity index (χ0n) is 11.2. The van der Waals surface area contributed by atoms with Crippen molar-refractivity contribution in [2.24, 2.45) is 0 Å². The van der Waals surface area contributed by atoms with E-state index in [1.165, 1.54) is 4.70 Å². The molecule has 0 saturated carbocycles. The Kier molecular flexibility index (Phi) is 8.59. The lowest BCUT2D eigenvalue weighted by Crippen LogP contribution is -3.13. The number of hydrogen-bond donors (Lipinski definition) is 4. The zero-order chi connectivity index (χ0) is 14.8. The largest absolute Gasteiger partial charge is 0.408 e. The standard InChI is InChI=1S/C7H5NS2.C6H15NO3/c9-7-8-5-3-1-2-4-6(5)10-7;8-4-1-7(2-5-9)3-6-10/h1-4H,(H,8,9);8-10H,1-6H2. The first-order valence-electron chi connectivity index (χ1n) is 6.40. The topological polar surface area (TPSA) is 78.0 Å². The molecule has 0 aliphatic rings. The first-order valence-corrected chi connectivity index (χ1v) is 7.62. The molecule has 1 aromatic carbocycles. The molecule has 0 unspecified atom stereocenters. The molecule has 5 nitrogen and oxygen atoms in total. The smallest absolute Gasteiger partial charge is 0.101 e. The fraction of sp³-hybridized carbons (Fsp3) is 0.462. The van der Waals surface area contributed by atoms with Crippen molar-refractivity contribution in [3.63, 3.8) is 0 Å². The van der Waals surface area contributed by atoms with Crippen molar-refractivity contribution in [2.45, 2.75) is 4.34 Å². The lowest BCUT2D eigenvalue weighted by molar-refractivity contribution is -0.901. The molecule has 0 bridgehead atoms. The molecule has 0 radical (unpaired) electrons. The van der Waals surface area contributed by atoms with Gasteiger partial charge in [0.2, 0.25) is 0 Å². The highest BCUT2D eigenvalue weighted by Crippen LogP contribution is 2.20. The van der Waals surface area contributed by atoms with Gasteiger partial charge < -0.3 is 44.2 Å². The van der Waals surface area contributed by atoms with Gasteiger partial charge in [-0.05, 0) is 15.1 Å². The van der Waals surface area contributed by atoms with Gasteiger partial charge in [0.05, 0.1) is 25.3 Å². The van der Waals surface area contributed by atoms with Crippen LogP contribution in [0.1, 0.15) is 0 Å². The zero-order valence-corrected chi connectivity index (χ0v) is 12.8. The third-order valence-corrected chi connectivity index (χ3v) is 3.84. The average Bonchev–Trinajstić information content (AvgIpc) is 2.80. The first kappa shape index (κ1) is 17.2. The van der Waals surface area contributed by atoms with Crippen molar-refractivity contribution in [3.05, 3.63) is 24.3 Å². The van der Waals surface area contributed by atoms with Crippen LogP contribution in [-0.2, 0) is 12.6 Å².